The first-order chi connectivity index (χ1) is 15.7. The number of likely N-dealkylation sites (tertiary alicyclic amines) is 1. The second-order valence-corrected chi connectivity index (χ2v) is 9.05. The predicted molar refractivity (Wildman–Crippen MR) is 122 cm³/mol. The van der Waals surface area contributed by atoms with Crippen molar-refractivity contribution in [2.24, 2.45) is 0 Å². The highest BCUT2D eigenvalue weighted by molar-refractivity contribution is 5.89. The number of hydrogen-bond donors (Lipinski definition) is 0. The van der Waals surface area contributed by atoms with Crippen LogP contribution >= 0.6 is 0 Å². The Morgan fingerprint density at radius 1 is 1.03 bits per heavy atom. The van der Waals surface area contributed by atoms with Crippen LogP contribution in [0.4, 0.5) is 4.39 Å². The molecule has 0 bridgehead atoms. The second-order valence-electron chi connectivity index (χ2n) is 9.05. The molecule has 2 aromatic carbocycles. The van der Waals surface area contributed by atoms with Crippen molar-refractivity contribution < 1.29 is 9.18 Å². The quantitative estimate of drug-likeness (QED) is 0.547. The summed E-state index contributed by atoms with van der Waals surface area (Å²) in [5, 5.41) is 0. The third-order valence-electron chi connectivity index (χ3n) is 7.03. The van der Waals surface area contributed by atoms with Crippen molar-refractivity contribution in [3.8, 4) is 0 Å². The zero-order valence-corrected chi connectivity index (χ0v) is 18.2. The lowest BCUT2D eigenvalue weighted by molar-refractivity contribution is -0.138. The molecule has 1 aliphatic carbocycles. The summed E-state index contributed by atoms with van der Waals surface area (Å²) in [6, 6.07) is 16.8. The molecule has 0 unspecified atom stereocenters. The van der Waals surface area contributed by atoms with Crippen LogP contribution in [0.2, 0.25) is 0 Å². The smallest absolute Gasteiger partial charge is 0.233 e. The highest BCUT2D eigenvalue weighted by atomic mass is 19.1. The molecule has 5 rings (SSSR count). The van der Waals surface area contributed by atoms with Crippen LogP contribution in [0.1, 0.15) is 67.1 Å². The lowest BCUT2D eigenvalue weighted by Gasteiger charge is -2.35. The van der Waals surface area contributed by atoms with Gasteiger partial charge < -0.3 is 4.90 Å². The predicted octanol–water partition coefficient (Wildman–Crippen LogP) is 5.38. The number of carbonyl (C=O) groups excluding carboxylic acids is 1. The van der Waals surface area contributed by atoms with Gasteiger partial charge in [-0.05, 0) is 48.9 Å². The monoisotopic (exact) mass is 429 g/mol. The zero-order valence-electron chi connectivity index (χ0n) is 18.2. The Kier molecular flexibility index (Phi) is 5.73. The molecule has 2 aliphatic rings. The highest BCUT2D eigenvalue weighted by Gasteiger charge is 2.47. The van der Waals surface area contributed by atoms with Gasteiger partial charge in [-0.1, -0.05) is 55.3 Å². The van der Waals surface area contributed by atoms with Crippen molar-refractivity contribution in [3.05, 3.63) is 95.3 Å². The summed E-state index contributed by atoms with van der Waals surface area (Å²) in [4.78, 5) is 25.3. The number of carbonyl (C=O) groups is 1. The molecule has 1 saturated heterocycles. The standard InChI is InChI=1S/C27H28FN3O/c28-22-11-6-8-20(16-22)17-23-18-29-19-24(30-23)25-12-7-15-31(25)26(32)27(13-4-5-14-27)21-9-2-1-3-10-21/h1-3,6,8-11,16,18-19,25H,4-5,7,12-15,17H2/t25-/m0/s1. The Hall–Kier alpha value is -3.08. The van der Waals surface area contributed by atoms with Crippen LogP contribution in [-0.2, 0) is 16.6 Å². The fourth-order valence-electron chi connectivity index (χ4n) is 5.48. The Morgan fingerprint density at radius 2 is 1.84 bits per heavy atom. The molecule has 1 aliphatic heterocycles. The molecule has 0 spiro atoms. The van der Waals surface area contributed by atoms with Gasteiger partial charge >= 0.3 is 0 Å². The van der Waals surface area contributed by atoms with E-state index in [0.717, 1.165) is 67.6 Å². The average Bonchev–Trinajstić information content (AvgIpc) is 3.50. The molecule has 0 radical (unpaired) electrons. The van der Waals surface area contributed by atoms with E-state index in [1.165, 1.54) is 12.1 Å². The van der Waals surface area contributed by atoms with E-state index >= 15 is 0 Å². The molecule has 1 atom stereocenters. The van der Waals surface area contributed by atoms with Gasteiger partial charge in [0.05, 0.1) is 29.0 Å². The summed E-state index contributed by atoms with van der Waals surface area (Å²) in [5.41, 5.74) is 3.22. The topological polar surface area (TPSA) is 46.1 Å². The number of rotatable bonds is 5. The van der Waals surface area contributed by atoms with Gasteiger partial charge in [0, 0.05) is 19.2 Å². The van der Waals surface area contributed by atoms with E-state index < -0.39 is 5.41 Å². The first-order valence-corrected chi connectivity index (χ1v) is 11.6. The van der Waals surface area contributed by atoms with Gasteiger partial charge in [0.25, 0.3) is 0 Å². The van der Waals surface area contributed by atoms with Gasteiger partial charge in [-0.3, -0.25) is 14.8 Å². The second kappa shape index (κ2) is 8.81. The van der Waals surface area contributed by atoms with Crippen LogP contribution in [0, 0.1) is 5.82 Å². The molecular formula is C27H28FN3O. The Labute approximate surface area is 188 Å². The third-order valence-corrected chi connectivity index (χ3v) is 7.03. The minimum absolute atomic E-state index is 0.0522. The van der Waals surface area contributed by atoms with E-state index in [2.05, 4.69) is 17.1 Å². The van der Waals surface area contributed by atoms with Crippen LogP contribution in [0.15, 0.2) is 67.0 Å². The van der Waals surface area contributed by atoms with Crippen LogP contribution in [0.5, 0.6) is 0 Å². The molecule has 1 aromatic heterocycles. The SMILES string of the molecule is O=C(N1CCC[C@H]1c1cncc(Cc2cccc(F)c2)n1)C1(c2ccccc2)CCCC1. The van der Waals surface area contributed by atoms with Crippen LogP contribution in [0.25, 0.3) is 0 Å². The zero-order chi connectivity index (χ0) is 22.0. The fourth-order valence-corrected chi connectivity index (χ4v) is 5.48. The molecule has 1 amide bonds. The minimum atomic E-state index is -0.420. The number of amides is 1. The summed E-state index contributed by atoms with van der Waals surface area (Å²) in [5.74, 6) is -0.0111. The van der Waals surface area contributed by atoms with Crippen LogP contribution < -0.4 is 0 Å². The Bertz CT molecular complexity index is 1090. The molecule has 3 aromatic rings. The van der Waals surface area contributed by atoms with Crippen molar-refractivity contribution in [2.45, 2.75) is 56.4 Å². The maximum atomic E-state index is 14.0. The summed E-state index contributed by atoms with van der Waals surface area (Å²) in [7, 11) is 0. The highest BCUT2D eigenvalue weighted by Crippen LogP contribution is 2.45. The maximum absolute atomic E-state index is 14.0. The van der Waals surface area contributed by atoms with E-state index in [0.29, 0.717) is 6.42 Å². The van der Waals surface area contributed by atoms with Crippen LogP contribution in [-0.4, -0.2) is 27.3 Å². The number of benzene rings is 2. The lowest BCUT2D eigenvalue weighted by atomic mass is 9.77. The Balaban J connectivity index is 1.42. The van der Waals surface area contributed by atoms with Gasteiger partial charge in [-0.25, -0.2) is 4.39 Å². The average molecular weight is 430 g/mol. The minimum Gasteiger partial charge on any atom is -0.333 e. The van der Waals surface area contributed by atoms with Crippen molar-refractivity contribution in [3.63, 3.8) is 0 Å². The first-order valence-electron chi connectivity index (χ1n) is 11.6. The molecule has 2 fully saturated rings. The van der Waals surface area contributed by atoms with E-state index in [1.54, 1.807) is 18.5 Å². The van der Waals surface area contributed by atoms with E-state index in [-0.39, 0.29) is 17.8 Å². The number of aromatic nitrogens is 2. The Morgan fingerprint density at radius 3 is 2.62 bits per heavy atom. The van der Waals surface area contributed by atoms with Gasteiger partial charge in [0.2, 0.25) is 5.91 Å². The normalized spacial score (nSPS) is 19.9. The summed E-state index contributed by atoms with van der Waals surface area (Å²) < 4.78 is 13.6. The van der Waals surface area contributed by atoms with Crippen molar-refractivity contribution in [2.75, 3.05) is 6.54 Å². The van der Waals surface area contributed by atoms with E-state index in [1.807, 2.05) is 29.2 Å². The van der Waals surface area contributed by atoms with Gasteiger partial charge in [-0.15, -0.1) is 0 Å². The summed E-state index contributed by atoms with van der Waals surface area (Å²) >= 11 is 0. The largest absolute Gasteiger partial charge is 0.333 e. The van der Waals surface area contributed by atoms with Gasteiger partial charge in [0.1, 0.15) is 5.82 Å². The fraction of sp³-hybridized carbons (Fsp3) is 0.370. The first kappa shape index (κ1) is 20.8. The molecule has 164 valence electrons. The number of hydrogen-bond acceptors (Lipinski definition) is 3. The van der Waals surface area contributed by atoms with Crippen LogP contribution in [0.3, 0.4) is 0 Å². The molecule has 5 heteroatoms. The van der Waals surface area contributed by atoms with E-state index in [9.17, 15) is 9.18 Å². The van der Waals surface area contributed by atoms with Crippen molar-refractivity contribution >= 4 is 5.91 Å². The molecule has 0 N–H and O–H groups in total. The lowest BCUT2D eigenvalue weighted by Crippen LogP contribution is -2.45. The summed E-state index contributed by atoms with van der Waals surface area (Å²) in [6.07, 6.45) is 9.89. The third kappa shape index (κ3) is 3.92. The molecule has 2 heterocycles. The van der Waals surface area contributed by atoms with Crippen molar-refractivity contribution in [1.29, 1.82) is 0 Å². The summed E-state index contributed by atoms with van der Waals surface area (Å²) in [6.45, 7) is 0.758. The number of halogens is 1. The molecular weight excluding hydrogens is 401 g/mol. The molecule has 1 saturated carbocycles. The maximum Gasteiger partial charge on any atom is 0.233 e. The number of nitrogens with zero attached hydrogens (tertiary/aromatic N) is 3. The van der Waals surface area contributed by atoms with Gasteiger partial charge in [0.15, 0.2) is 0 Å². The molecule has 32 heavy (non-hydrogen) atoms. The van der Waals surface area contributed by atoms with Crippen molar-refractivity contribution in [1.82, 2.24) is 14.9 Å². The molecule has 4 nitrogen and oxygen atoms in total. The van der Waals surface area contributed by atoms with E-state index in [4.69, 9.17) is 4.98 Å². The van der Waals surface area contributed by atoms with Gasteiger partial charge in [-0.2, -0.15) is 0 Å².